The summed E-state index contributed by atoms with van der Waals surface area (Å²) in [5.74, 6) is 2.76. The number of aromatic nitrogens is 2. The van der Waals surface area contributed by atoms with Crippen LogP contribution in [-0.4, -0.2) is 48.7 Å². The molecule has 1 atom stereocenters. The van der Waals surface area contributed by atoms with E-state index in [0.717, 1.165) is 37.0 Å². The van der Waals surface area contributed by atoms with Gasteiger partial charge in [-0.2, -0.15) is 0 Å². The molecule has 0 bridgehead atoms. The maximum Gasteiger partial charge on any atom is 0.132 e. The summed E-state index contributed by atoms with van der Waals surface area (Å²) < 4.78 is 5.54. The molecule has 0 saturated carbocycles. The molecule has 116 valence electrons. The van der Waals surface area contributed by atoms with Gasteiger partial charge >= 0.3 is 0 Å². The maximum absolute atomic E-state index is 5.54. The first-order valence-electron chi connectivity index (χ1n) is 7.57. The number of ether oxygens (including phenoxy) is 1. The van der Waals surface area contributed by atoms with E-state index < -0.39 is 0 Å². The summed E-state index contributed by atoms with van der Waals surface area (Å²) in [4.78, 5) is 13.4. The Hall–Kier alpha value is -2.14. The molecule has 0 spiro atoms. The van der Waals surface area contributed by atoms with Gasteiger partial charge in [-0.05, 0) is 26.1 Å². The third-order valence-electron chi connectivity index (χ3n) is 4.23. The van der Waals surface area contributed by atoms with Crippen molar-refractivity contribution in [2.24, 2.45) is 0 Å². The zero-order valence-corrected chi connectivity index (χ0v) is 13.4. The van der Waals surface area contributed by atoms with Gasteiger partial charge in [0.1, 0.15) is 17.4 Å². The van der Waals surface area contributed by atoms with Crippen molar-refractivity contribution in [1.82, 2.24) is 14.9 Å². The van der Waals surface area contributed by atoms with E-state index in [4.69, 9.17) is 4.74 Å². The Morgan fingerprint density at radius 2 is 2.00 bits per heavy atom. The van der Waals surface area contributed by atoms with Gasteiger partial charge in [0, 0.05) is 31.4 Å². The lowest BCUT2D eigenvalue weighted by molar-refractivity contribution is 0.216. The molecule has 22 heavy (non-hydrogen) atoms. The molecule has 1 aliphatic rings. The average Bonchev–Trinajstić information content (AvgIpc) is 2.55. The van der Waals surface area contributed by atoms with Crippen LogP contribution in [0, 0.1) is 6.92 Å². The molecule has 3 rings (SSSR count). The predicted molar refractivity (Wildman–Crippen MR) is 87.3 cm³/mol. The van der Waals surface area contributed by atoms with Crippen LogP contribution in [0.3, 0.4) is 0 Å². The van der Waals surface area contributed by atoms with Crippen LogP contribution in [0.25, 0.3) is 0 Å². The summed E-state index contributed by atoms with van der Waals surface area (Å²) in [6.07, 6.45) is 1.83. The molecule has 0 aliphatic carbocycles. The van der Waals surface area contributed by atoms with Gasteiger partial charge in [-0.25, -0.2) is 9.97 Å². The monoisotopic (exact) mass is 298 g/mol. The molecule has 1 aromatic heterocycles. The van der Waals surface area contributed by atoms with Crippen molar-refractivity contribution in [2.45, 2.75) is 13.0 Å². The van der Waals surface area contributed by atoms with Crippen molar-refractivity contribution in [3.8, 4) is 5.75 Å². The molecular weight excluding hydrogens is 276 g/mol. The fraction of sp³-hybridized carbons (Fsp3) is 0.412. The van der Waals surface area contributed by atoms with Gasteiger partial charge in [-0.1, -0.05) is 18.2 Å². The molecule has 2 aromatic rings. The van der Waals surface area contributed by atoms with Crippen LogP contribution in [0.2, 0.25) is 0 Å². The van der Waals surface area contributed by atoms with Gasteiger partial charge in [0.2, 0.25) is 0 Å². The quantitative estimate of drug-likeness (QED) is 0.869. The van der Waals surface area contributed by atoms with Crippen molar-refractivity contribution >= 4 is 5.82 Å². The number of aryl methyl sites for hydroxylation is 1. The highest BCUT2D eigenvalue weighted by Crippen LogP contribution is 2.32. The Bertz CT molecular complexity index is 646. The number of hydrogen-bond acceptors (Lipinski definition) is 5. The van der Waals surface area contributed by atoms with E-state index in [2.05, 4.69) is 38.9 Å². The Balaban J connectivity index is 1.88. The molecule has 5 heteroatoms. The third kappa shape index (κ3) is 2.90. The summed E-state index contributed by atoms with van der Waals surface area (Å²) in [6, 6.07) is 10.5. The number of hydrogen-bond donors (Lipinski definition) is 0. The second-order valence-electron chi connectivity index (χ2n) is 5.65. The molecule has 0 amide bonds. The maximum atomic E-state index is 5.54. The lowest BCUT2D eigenvalue weighted by atomic mass is 10.0. The van der Waals surface area contributed by atoms with Gasteiger partial charge in [0.15, 0.2) is 0 Å². The minimum absolute atomic E-state index is 0.292. The van der Waals surface area contributed by atoms with E-state index in [1.807, 2.05) is 31.3 Å². The number of rotatable bonds is 3. The number of nitrogens with zero attached hydrogens (tertiary/aromatic N) is 4. The summed E-state index contributed by atoms with van der Waals surface area (Å²) in [5.41, 5.74) is 1.22. The van der Waals surface area contributed by atoms with E-state index in [-0.39, 0.29) is 0 Å². The van der Waals surface area contributed by atoms with Gasteiger partial charge < -0.3 is 9.64 Å². The zero-order valence-electron chi connectivity index (χ0n) is 13.4. The normalized spacial score (nSPS) is 19.2. The van der Waals surface area contributed by atoms with E-state index in [1.165, 1.54) is 5.56 Å². The van der Waals surface area contributed by atoms with Crippen LogP contribution in [0.1, 0.15) is 17.4 Å². The standard InChI is InChI=1S/C17H22N4O/c1-13-18-9-8-17(19-13)21-11-10-20(2)15(12-21)14-6-4-5-7-16(14)22-3/h4-9,15H,10-12H2,1-3H3. The fourth-order valence-electron chi connectivity index (χ4n) is 2.98. The molecule has 1 aliphatic heterocycles. The Morgan fingerprint density at radius 1 is 1.18 bits per heavy atom. The topological polar surface area (TPSA) is 41.5 Å². The second-order valence-corrected chi connectivity index (χ2v) is 5.65. The largest absolute Gasteiger partial charge is 0.496 e. The van der Waals surface area contributed by atoms with Crippen LogP contribution in [-0.2, 0) is 0 Å². The average molecular weight is 298 g/mol. The number of benzene rings is 1. The number of likely N-dealkylation sites (N-methyl/N-ethyl adjacent to an activating group) is 1. The van der Waals surface area contributed by atoms with Crippen LogP contribution < -0.4 is 9.64 Å². The van der Waals surface area contributed by atoms with Crippen molar-refractivity contribution in [3.63, 3.8) is 0 Å². The van der Waals surface area contributed by atoms with Gasteiger partial charge in [-0.15, -0.1) is 0 Å². The molecule has 1 saturated heterocycles. The molecule has 1 fully saturated rings. The smallest absolute Gasteiger partial charge is 0.132 e. The fourth-order valence-corrected chi connectivity index (χ4v) is 2.98. The Labute approximate surface area is 131 Å². The van der Waals surface area contributed by atoms with E-state index >= 15 is 0 Å². The minimum atomic E-state index is 0.292. The zero-order chi connectivity index (χ0) is 15.5. The van der Waals surface area contributed by atoms with Crippen LogP contribution >= 0.6 is 0 Å². The van der Waals surface area contributed by atoms with E-state index in [0.29, 0.717) is 6.04 Å². The van der Waals surface area contributed by atoms with Gasteiger partial charge in [0.25, 0.3) is 0 Å². The number of methoxy groups -OCH3 is 1. The van der Waals surface area contributed by atoms with Crippen molar-refractivity contribution in [1.29, 1.82) is 0 Å². The lowest BCUT2D eigenvalue weighted by Crippen LogP contribution is -2.47. The second kappa shape index (κ2) is 6.32. The highest BCUT2D eigenvalue weighted by atomic mass is 16.5. The van der Waals surface area contributed by atoms with E-state index in [9.17, 15) is 0 Å². The van der Waals surface area contributed by atoms with Crippen molar-refractivity contribution in [3.05, 3.63) is 47.9 Å². The first-order valence-corrected chi connectivity index (χ1v) is 7.57. The Kier molecular flexibility index (Phi) is 4.24. The molecular formula is C17H22N4O. The minimum Gasteiger partial charge on any atom is -0.496 e. The molecule has 0 radical (unpaired) electrons. The van der Waals surface area contributed by atoms with Crippen LogP contribution in [0.15, 0.2) is 36.5 Å². The summed E-state index contributed by atoms with van der Waals surface area (Å²) >= 11 is 0. The van der Waals surface area contributed by atoms with Crippen molar-refractivity contribution in [2.75, 3.05) is 38.7 Å². The van der Waals surface area contributed by atoms with Crippen LogP contribution in [0.4, 0.5) is 5.82 Å². The number of para-hydroxylation sites is 1. The highest BCUT2D eigenvalue weighted by molar-refractivity contribution is 5.42. The van der Waals surface area contributed by atoms with E-state index in [1.54, 1.807) is 7.11 Å². The molecule has 2 heterocycles. The number of anilines is 1. The molecule has 0 N–H and O–H groups in total. The predicted octanol–water partition coefficient (Wildman–Crippen LogP) is 2.29. The lowest BCUT2D eigenvalue weighted by Gasteiger charge is -2.40. The highest BCUT2D eigenvalue weighted by Gasteiger charge is 2.28. The summed E-state index contributed by atoms with van der Waals surface area (Å²) in [5, 5.41) is 0. The number of piperazine rings is 1. The van der Waals surface area contributed by atoms with Gasteiger partial charge in [0.05, 0.1) is 13.2 Å². The third-order valence-corrected chi connectivity index (χ3v) is 4.23. The first-order chi connectivity index (χ1) is 10.7. The Morgan fingerprint density at radius 3 is 2.77 bits per heavy atom. The molecule has 1 aromatic carbocycles. The first kappa shape index (κ1) is 14.8. The van der Waals surface area contributed by atoms with Crippen LogP contribution in [0.5, 0.6) is 5.75 Å². The molecule has 5 nitrogen and oxygen atoms in total. The molecule has 1 unspecified atom stereocenters. The summed E-state index contributed by atoms with van der Waals surface area (Å²) in [6.45, 7) is 4.79. The van der Waals surface area contributed by atoms with Gasteiger partial charge in [-0.3, -0.25) is 4.90 Å². The van der Waals surface area contributed by atoms with Crippen molar-refractivity contribution < 1.29 is 4.74 Å². The SMILES string of the molecule is COc1ccccc1C1CN(c2ccnc(C)n2)CCN1C. The summed E-state index contributed by atoms with van der Waals surface area (Å²) in [7, 11) is 3.90.